The van der Waals surface area contributed by atoms with E-state index in [0.29, 0.717) is 12.8 Å². The number of ether oxygens (including phenoxy) is 2. The maximum atomic E-state index is 13.0. The molecule has 1 saturated heterocycles. The number of carbonyl (C=O) groups excluding carboxylic acids is 1. The summed E-state index contributed by atoms with van der Waals surface area (Å²) in [5.41, 5.74) is 0. The van der Waals surface area contributed by atoms with Gasteiger partial charge in [0.1, 0.15) is 24.4 Å². The molecule has 0 spiro atoms. The normalized spacial score (nSPS) is 20.9. The van der Waals surface area contributed by atoms with Gasteiger partial charge in [-0.15, -0.1) is 0 Å². The van der Waals surface area contributed by atoms with Crippen LogP contribution in [0.15, 0.2) is 85.1 Å². The molecule has 7 atom stereocenters. The molecule has 0 bridgehead atoms. The van der Waals surface area contributed by atoms with Crippen molar-refractivity contribution >= 4 is 5.91 Å². The number of amides is 1. The summed E-state index contributed by atoms with van der Waals surface area (Å²) in [6.45, 7) is 3.69. The second-order valence-corrected chi connectivity index (χ2v) is 17.2. The smallest absolute Gasteiger partial charge is 0.220 e. The summed E-state index contributed by atoms with van der Waals surface area (Å²) in [5.74, 6) is -0.161. The van der Waals surface area contributed by atoms with Crippen molar-refractivity contribution in [2.24, 2.45) is 0 Å². The van der Waals surface area contributed by atoms with Gasteiger partial charge in [0.15, 0.2) is 6.29 Å². The third-order valence-electron chi connectivity index (χ3n) is 11.5. The molecule has 362 valence electrons. The molecule has 0 aliphatic carbocycles. The van der Waals surface area contributed by atoms with Crippen LogP contribution in [0.3, 0.4) is 0 Å². The van der Waals surface area contributed by atoms with E-state index >= 15 is 0 Å². The Morgan fingerprint density at radius 1 is 0.556 bits per heavy atom. The first-order valence-corrected chi connectivity index (χ1v) is 25.3. The summed E-state index contributed by atoms with van der Waals surface area (Å²) in [6, 6.07) is -0.729. The molecule has 1 aliphatic rings. The van der Waals surface area contributed by atoms with E-state index in [1.165, 1.54) is 70.6 Å². The summed E-state index contributed by atoms with van der Waals surface area (Å²) < 4.78 is 11.2. The summed E-state index contributed by atoms with van der Waals surface area (Å²) in [4.78, 5) is 13.0. The fourth-order valence-electron chi connectivity index (χ4n) is 7.49. The second-order valence-electron chi connectivity index (χ2n) is 17.2. The lowest BCUT2D eigenvalue weighted by molar-refractivity contribution is -0.302. The number of carbonyl (C=O) groups is 1. The van der Waals surface area contributed by atoms with Crippen LogP contribution in [0.25, 0.3) is 0 Å². The van der Waals surface area contributed by atoms with Gasteiger partial charge in [0.25, 0.3) is 0 Å². The van der Waals surface area contributed by atoms with Gasteiger partial charge in [-0.25, -0.2) is 0 Å². The second kappa shape index (κ2) is 43.3. The zero-order valence-electron chi connectivity index (χ0n) is 39.8. The molecule has 0 aromatic heterocycles. The number of aliphatic hydroxyl groups is 5. The van der Waals surface area contributed by atoms with Crippen molar-refractivity contribution in [1.82, 2.24) is 5.32 Å². The van der Waals surface area contributed by atoms with Gasteiger partial charge >= 0.3 is 0 Å². The van der Waals surface area contributed by atoms with Crippen LogP contribution in [0, 0.1) is 0 Å². The molecule has 9 heteroatoms. The van der Waals surface area contributed by atoms with Gasteiger partial charge in [0.05, 0.1) is 25.4 Å². The van der Waals surface area contributed by atoms with Crippen LogP contribution in [-0.4, -0.2) is 87.5 Å². The zero-order valence-corrected chi connectivity index (χ0v) is 39.8. The number of aliphatic hydroxyl groups excluding tert-OH is 5. The summed E-state index contributed by atoms with van der Waals surface area (Å²) in [7, 11) is 0. The highest BCUT2D eigenvalue weighted by Crippen LogP contribution is 2.23. The molecule has 1 heterocycles. The van der Waals surface area contributed by atoms with E-state index in [1.54, 1.807) is 0 Å². The number of nitrogens with one attached hydrogen (secondary N) is 1. The van der Waals surface area contributed by atoms with Crippen LogP contribution < -0.4 is 5.32 Å². The Morgan fingerprint density at radius 3 is 1.46 bits per heavy atom. The van der Waals surface area contributed by atoms with E-state index in [0.717, 1.165) is 96.3 Å². The monoisotopic (exact) mass is 884 g/mol. The Balaban J connectivity index is 2.23. The Hall–Kier alpha value is -2.63. The number of hydrogen-bond acceptors (Lipinski definition) is 8. The lowest BCUT2D eigenvalue weighted by Gasteiger charge is -2.40. The van der Waals surface area contributed by atoms with Gasteiger partial charge in [0, 0.05) is 6.42 Å². The highest BCUT2D eigenvalue weighted by atomic mass is 16.7. The van der Waals surface area contributed by atoms with Crippen molar-refractivity contribution in [1.29, 1.82) is 0 Å². The average molecular weight is 884 g/mol. The highest BCUT2D eigenvalue weighted by Gasteiger charge is 2.44. The maximum absolute atomic E-state index is 13.0. The van der Waals surface area contributed by atoms with E-state index in [4.69, 9.17) is 9.47 Å². The van der Waals surface area contributed by atoms with Gasteiger partial charge < -0.3 is 40.3 Å². The lowest BCUT2D eigenvalue weighted by Crippen LogP contribution is -2.60. The molecule has 1 amide bonds. The molecule has 6 N–H and O–H groups in total. The highest BCUT2D eigenvalue weighted by molar-refractivity contribution is 5.76. The topological polar surface area (TPSA) is 149 Å². The zero-order chi connectivity index (χ0) is 45.9. The van der Waals surface area contributed by atoms with E-state index in [2.05, 4.69) is 104 Å². The van der Waals surface area contributed by atoms with Crippen LogP contribution in [-0.2, 0) is 14.3 Å². The first kappa shape index (κ1) is 58.4. The molecule has 9 nitrogen and oxygen atoms in total. The lowest BCUT2D eigenvalue weighted by atomic mass is 9.99. The van der Waals surface area contributed by atoms with Gasteiger partial charge in [-0.3, -0.25) is 4.79 Å². The molecule has 0 saturated carbocycles. The Labute approximate surface area is 384 Å². The minimum absolute atomic E-state index is 0.147. The number of unbranched alkanes of at least 4 members (excludes halogenated alkanes) is 17. The molecule has 1 rings (SSSR count). The SMILES string of the molecule is CC/C=C\C/C=C\C/C=C\C/C=C\C/C=C\C/C=C\C/C=C\CCCCCCCCCC(=O)NC(COC1OC(CO)C(O)C(O)C1O)C(O)CCCCCCCCCCCCC. The molecule has 63 heavy (non-hydrogen) atoms. The van der Waals surface area contributed by atoms with Crippen molar-refractivity contribution in [3.8, 4) is 0 Å². The Kier molecular flexibility index (Phi) is 40.1. The van der Waals surface area contributed by atoms with Crippen molar-refractivity contribution in [2.75, 3.05) is 13.2 Å². The predicted molar refractivity (Wildman–Crippen MR) is 262 cm³/mol. The van der Waals surface area contributed by atoms with Crippen LogP contribution in [0.2, 0.25) is 0 Å². The first-order valence-electron chi connectivity index (χ1n) is 25.3. The first-order chi connectivity index (χ1) is 30.8. The predicted octanol–water partition coefficient (Wildman–Crippen LogP) is 11.5. The van der Waals surface area contributed by atoms with Crippen LogP contribution >= 0.6 is 0 Å². The largest absolute Gasteiger partial charge is 0.394 e. The summed E-state index contributed by atoms with van der Waals surface area (Å²) >= 11 is 0. The number of rotatable bonds is 41. The summed E-state index contributed by atoms with van der Waals surface area (Å²) in [5, 5.41) is 54.4. The molecule has 0 radical (unpaired) electrons. The maximum Gasteiger partial charge on any atom is 0.220 e. The van der Waals surface area contributed by atoms with E-state index < -0.39 is 49.5 Å². The van der Waals surface area contributed by atoms with Gasteiger partial charge in [-0.1, -0.05) is 202 Å². The standard InChI is InChI=1S/C54H93NO8/c1-3-5-7-9-11-13-15-16-17-18-19-20-21-22-23-24-25-26-27-28-29-30-31-32-34-36-38-40-42-44-50(58)55-47(46-62-54-53(61)52(60)51(59)49(45-56)63-54)48(57)43-41-39-37-35-33-14-12-10-8-6-4-2/h5,7,11,13,16-17,19-20,22-23,25-26,28-29,47-49,51-54,56-57,59-61H,3-4,6,8-10,12,14-15,18,21,24,27,30-46H2,1-2H3,(H,55,58)/b7-5-,13-11-,17-16-,20-19-,23-22-,26-25-,29-28-. The van der Waals surface area contributed by atoms with E-state index in [1.807, 2.05) is 0 Å². The van der Waals surface area contributed by atoms with Gasteiger partial charge in [0.2, 0.25) is 5.91 Å². The van der Waals surface area contributed by atoms with Gasteiger partial charge in [-0.2, -0.15) is 0 Å². The fraction of sp³-hybridized carbons (Fsp3) is 0.722. The number of allylic oxidation sites excluding steroid dienone is 14. The molecule has 0 aromatic carbocycles. The Morgan fingerprint density at radius 2 is 0.984 bits per heavy atom. The third kappa shape index (κ3) is 33.5. The van der Waals surface area contributed by atoms with Gasteiger partial charge in [-0.05, 0) is 70.6 Å². The molecular formula is C54H93NO8. The van der Waals surface area contributed by atoms with Crippen molar-refractivity contribution in [2.45, 2.75) is 236 Å². The molecule has 1 aliphatic heterocycles. The Bertz CT molecular complexity index is 1260. The van der Waals surface area contributed by atoms with E-state index in [9.17, 15) is 30.3 Å². The number of hydrogen-bond donors (Lipinski definition) is 6. The van der Waals surface area contributed by atoms with E-state index in [-0.39, 0.29) is 12.5 Å². The third-order valence-corrected chi connectivity index (χ3v) is 11.5. The van der Waals surface area contributed by atoms with Crippen molar-refractivity contribution in [3.63, 3.8) is 0 Å². The fourth-order valence-corrected chi connectivity index (χ4v) is 7.49. The summed E-state index contributed by atoms with van der Waals surface area (Å²) in [6.07, 6.45) is 53.1. The quantitative estimate of drug-likeness (QED) is 0.0263. The van der Waals surface area contributed by atoms with Crippen molar-refractivity contribution in [3.05, 3.63) is 85.1 Å². The molecule has 1 fully saturated rings. The minimum Gasteiger partial charge on any atom is -0.394 e. The van der Waals surface area contributed by atoms with Crippen LogP contribution in [0.1, 0.15) is 194 Å². The molecule has 7 unspecified atom stereocenters. The van der Waals surface area contributed by atoms with Crippen LogP contribution in [0.4, 0.5) is 0 Å². The minimum atomic E-state index is -1.56. The molecular weight excluding hydrogens is 791 g/mol. The average Bonchev–Trinajstić information content (AvgIpc) is 3.28. The van der Waals surface area contributed by atoms with Crippen LogP contribution in [0.5, 0.6) is 0 Å². The van der Waals surface area contributed by atoms with Crippen molar-refractivity contribution < 1.29 is 39.8 Å². The molecule has 0 aromatic rings.